The summed E-state index contributed by atoms with van der Waals surface area (Å²) in [5.74, 6) is 0.959. The molecule has 0 saturated carbocycles. The highest BCUT2D eigenvalue weighted by Gasteiger charge is 2.28. The van der Waals surface area contributed by atoms with Crippen LogP contribution >= 0.6 is 0 Å². The number of benzene rings is 3. The monoisotopic (exact) mass is 496 g/mol. The number of hydrogen-bond donors (Lipinski definition) is 1. The zero-order chi connectivity index (χ0) is 25.4. The lowest BCUT2D eigenvalue weighted by molar-refractivity contribution is -0.122. The summed E-state index contributed by atoms with van der Waals surface area (Å²) in [6.07, 6.45) is 0. The van der Waals surface area contributed by atoms with Gasteiger partial charge in [0.25, 0.3) is 0 Å². The number of nitrogens with one attached hydrogen (secondary N) is 1. The first kappa shape index (κ1) is 26.2. The molecule has 1 amide bonds. The molecule has 0 bridgehead atoms. The minimum atomic E-state index is -3.96. The molecule has 0 heterocycles. The highest BCUT2D eigenvalue weighted by atomic mass is 32.2. The molecule has 35 heavy (non-hydrogen) atoms. The van der Waals surface area contributed by atoms with Gasteiger partial charge in [-0.1, -0.05) is 42.5 Å². The van der Waals surface area contributed by atoms with E-state index >= 15 is 0 Å². The summed E-state index contributed by atoms with van der Waals surface area (Å²) in [6, 6.07) is 21.0. The van der Waals surface area contributed by atoms with E-state index in [2.05, 4.69) is 5.32 Å². The second-order valence-electron chi connectivity index (χ2n) is 8.18. The van der Waals surface area contributed by atoms with Crippen molar-refractivity contribution in [3.63, 3.8) is 0 Å². The maximum absolute atomic E-state index is 13.6. The number of sulfonamides is 1. The summed E-state index contributed by atoms with van der Waals surface area (Å²) in [7, 11) is -2.37. The Morgan fingerprint density at radius 1 is 1.03 bits per heavy atom. The number of ether oxygens (including phenoxy) is 2. The van der Waals surface area contributed by atoms with Crippen molar-refractivity contribution in [2.45, 2.75) is 38.3 Å². The molecule has 3 rings (SSSR count). The summed E-state index contributed by atoms with van der Waals surface area (Å²) in [4.78, 5) is 13.1. The van der Waals surface area contributed by atoms with Gasteiger partial charge in [-0.15, -0.1) is 0 Å². The summed E-state index contributed by atoms with van der Waals surface area (Å²) < 4.78 is 39.1. The predicted octanol–water partition coefficient (Wildman–Crippen LogP) is 4.47. The number of carbonyl (C=O) groups excluding carboxylic acids is 1. The van der Waals surface area contributed by atoms with E-state index in [1.807, 2.05) is 68.4 Å². The van der Waals surface area contributed by atoms with Gasteiger partial charge in [0.05, 0.1) is 31.2 Å². The topological polar surface area (TPSA) is 84.9 Å². The molecule has 1 atom stereocenters. The molecule has 186 valence electrons. The van der Waals surface area contributed by atoms with Crippen molar-refractivity contribution in [3.8, 4) is 11.5 Å². The van der Waals surface area contributed by atoms with E-state index in [0.717, 1.165) is 16.9 Å². The Morgan fingerprint density at radius 3 is 2.31 bits per heavy atom. The van der Waals surface area contributed by atoms with Gasteiger partial charge in [-0.2, -0.15) is 4.31 Å². The van der Waals surface area contributed by atoms with E-state index in [1.54, 1.807) is 26.2 Å². The van der Waals surface area contributed by atoms with Crippen LogP contribution in [0.5, 0.6) is 11.5 Å². The Bertz CT molecular complexity index is 1230. The fourth-order valence-corrected chi connectivity index (χ4v) is 5.16. The number of hydrogen-bond acceptors (Lipinski definition) is 5. The van der Waals surface area contributed by atoms with E-state index in [-0.39, 0.29) is 24.0 Å². The maximum Gasteiger partial charge on any atom is 0.243 e. The third-order valence-electron chi connectivity index (χ3n) is 5.60. The van der Waals surface area contributed by atoms with Crippen LogP contribution in [-0.4, -0.2) is 38.9 Å². The van der Waals surface area contributed by atoms with Crippen molar-refractivity contribution in [1.29, 1.82) is 0 Å². The zero-order valence-electron chi connectivity index (χ0n) is 20.5. The van der Waals surface area contributed by atoms with Crippen LogP contribution in [0.15, 0.2) is 77.7 Å². The molecular weight excluding hydrogens is 464 g/mol. The highest BCUT2D eigenvalue weighted by molar-refractivity contribution is 7.89. The average Bonchev–Trinajstić information content (AvgIpc) is 2.85. The number of rotatable bonds is 11. The van der Waals surface area contributed by atoms with Gasteiger partial charge in [-0.3, -0.25) is 4.79 Å². The lowest BCUT2D eigenvalue weighted by Crippen LogP contribution is -2.41. The Labute approximate surface area is 207 Å². The smallest absolute Gasteiger partial charge is 0.243 e. The van der Waals surface area contributed by atoms with E-state index in [4.69, 9.17) is 9.47 Å². The van der Waals surface area contributed by atoms with Crippen molar-refractivity contribution in [3.05, 3.63) is 89.5 Å². The van der Waals surface area contributed by atoms with E-state index in [1.165, 1.54) is 10.4 Å². The molecule has 8 heteroatoms. The van der Waals surface area contributed by atoms with Crippen molar-refractivity contribution in [2.75, 3.05) is 20.3 Å². The molecule has 1 N–H and O–H groups in total. The molecule has 7 nitrogen and oxygen atoms in total. The average molecular weight is 497 g/mol. The number of amides is 1. The van der Waals surface area contributed by atoms with E-state index in [9.17, 15) is 13.2 Å². The molecule has 0 unspecified atom stereocenters. The lowest BCUT2D eigenvalue weighted by Gasteiger charge is -2.24. The summed E-state index contributed by atoms with van der Waals surface area (Å²) in [5, 5.41) is 2.90. The van der Waals surface area contributed by atoms with Crippen LogP contribution in [0.2, 0.25) is 0 Å². The van der Waals surface area contributed by atoms with Gasteiger partial charge >= 0.3 is 0 Å². The first-order valence-electron chi connectivity index (χ1n) is 11.5. The predicted molar refractivity (Wildman–Crippen MR) is 136 cm³/mol. The second kappa shape index (κ2) is 11.9. The normalized spacial score (nSPS) is 12.3. The molecule has 0 spiro atoms. The first-order chi connectivity index (χ1) is 16.7. The van der Waals surface area contributed by atoms with Crippen LogP contribution in [0, 0.1) is 6.92 Å². The van der Waals surface area contributed by atoms with Crippen molar-refractivity contribution in [2.24, 2.45) is 0 Å². The van der Waals surface area contributed by atoms with Crippen molar-refractivity contribution < 1.29 is 22.7 Å². The molecule has 0 fully saturated rings. The second-order valence-corrected chi connectivity index (χ2v) is 10.1. The van der Waals surface area contributed by atoms with Crippen molar-refractivity contribution >= 4 is 15.9 Å². The van der Waals surface area contributed by atoms with E-state index < -0.39 is 15.9 Å². The van der Waals surface area contributed by atoms with Crippen LogP contribution in [0.4, 0.5) is 0 Å². The van der Waals surface area contributed by atoms with Crippen LogP contribution in [0.25, 0.3) is 0 Å². The minimum Gasteiger partial charge on any atom is -0.497 e. The number of nitrogens with zero attached hydrogens (tertiary/aromatic N) is 1. The van der Waals surface area contributed by atoms with Crippen LogP contribution in [0.1, 0.15) is 36.6 Å². The number of aryl methyl sites for hydroxylation is 1. The minimum absolute atomic E-state index is 0.0692. The SMILES string of the molecule is CCOc1ccc(S(=O)(=O)N(CC(=O)N[C@H](C)c2ccc(OC)cc2)Cc2ccccc2)cc1C. The standard InChI is InChI=1S/C27H32N2O5S/c1-5-34-26-16-15-25(17-20(26)2)35(31,32)29(18-22-9-7-6-8-10-22)19-27(30)28-21(3)23-11-13-24(33-4)14-12-23/h6-17,21H,5,18-19H2,1-4H3,(H,28,30)/t21-/m1/s1. The van der Waals surface area contributed by atoms with Gasteiger partial charge in [0.1, 0.15) is 11.5 Å². The summed E-state index contributed by atoms with van der Waals surface area (Å²) >= 11 is 0. The van der Waals surface area contributed by atoms with Gasteiger partial charge in [0.15, 0.2) is 0 Å². The molecule has 0 aliphatic heterocycles. The fraction of sp³-hybridized carbons (Fsp3) is 0.296. The van der Waals surface area contributed by atoms with Crippen LogP contribution in [-0.2, 0) is 21.4 Å². The third-order valence-corrected chi connectivity index (χ3v) is 7.39. The van der Waals surface area contributed by atoms with Crippen molar-refractivity contribution in [1.82, 2.24) is 9.62 Å². The van der Waals surface area contributed by atoms with Gasteiger partial charge < -0.3 is 14.8 Å². The summed E-state index contributed by atoms with van der Waals surface area (Å²) in [6.45, 7) is 5.76. The molecule has 0 saturated heterocycles. The number of carbonyl (C=O) groups is 1. The molecule has 3 aromatic carbocycles. The van der Waals surface area contributed by atoms with Crippen LogP contribution < -0.4 is 14.8 Å². The largest absolute Gasteiger partial charge is 0.497 e. The van der Waals surface area contributed by atoms with Gasteiger partial charge in [-0.25, -0.2) is 8.42 Å². The molecule has 0 aromatic heterocycles. The Kier molecular flexibility index (Phi) is 8.89. The van der Waals surface area contributed by atoms with Gasteiger partial charge in [0, 0.05) is 6.54 Å². The lowest BCUT2D eigenvalue weighted by atomic mass is 10.1. The quantitative estimate of drug-likeness (QED) is 0.423. The zero-order valence-corrected chi connectivity index (χ0v) is 21.3. The van der Waals surface area contributed by atoms with Gasteiger partial charge in [0.2, 0.25) is 15.9 Å². The first-order valence-corrected chi connectivity index (χ1v) is 12.9. The Balaban J connectivity index is 1.83. The molecular formula is C27H32N2O5S. The molecule has 0 radical (unpaired) electrons. The molecule has 0 aliphatic rings. The number of methoxy groups -OCH3 is 1. The van der Waals surface area contributed by atoms with Gasteiger partial charge in [-0.05, 0) is 67.8 Å². The fourth-order valence-electron chi connectivity index (χ4n) is 3.68. The molecule has 0 aliphatic carbocycles. The summed E-state index contributed by atoms with van der Waals surface area (Å²) in [5.41, 5.74) is 2.39. The third kappa shape index (κ3) is 6.83. The van der Waals surface area contributed by atoms with E-state index in [0.29, 0.717) is 17.9 Å². The molecule has 3 aromatic rings. The maximum atomic E-state index is 13.6. The Morgan fingerprint density at radius 2 is 1.71 bits per heavy atom. The van der Waals surface area contributed by atoms with Crippen LogP contribution in [0.3, 0.4) is 0 Å². The Hall–Kier alpha value is -3.36. The highest BCUT2D eigenvalue weighted by Crippen LogP contribution is 2.25.